The van der Waals surface area contributed by atoms with E-state index in [4.69, 9.17) is 25.3 Å². The summed E-state index contributed by atoms with van der Waals surface area (Å²) in [6.45, 7) is 0.322. The predicted molar refractivity (Wildman–Crippen MR) is 84.8 cm³/mol. The van der Waals surface area contributed by atoms with E-state index in [9.17, 15) is 8.42 Å². The Labute approximate surface area is 144 Å². The Morgan fingerprint density at radius 1 is 1.42 bits per heavy atom. The van der Waals surface area contributed by atoms with Crippen LogP contribution in [0, 0.1) is 0 Å². The Hall–Kier alpha value is -1.52. The molecule has 8 nitrogen and oxygen atoms in total. The minimum atomic E-state index is -3.55. The van der Waals surface area contributed by atoms with Crippen molar-refractivity contribution in [1.29, 1.82) is 0 Å². The molecule has 1 aliphatic rings. The molecule has 0 amide bonds. The van der Waals surface area contributed by atoms with Gasteiger partial charge in [0.05, 0.1) is 19.5 Å². The zero-order valence-corrected chi connectivity index (χ0v) is 14.4. The van der Waals surface area contributed by atoms with Gasteiger partial charge in [0.15, 0.2) is 0 Å². The minimum absolute atomic E-state index is 0.120. The van der Waals surface area contributed by atoms with E-state index < -0.39 is 22.0 Å². The topological polar surface area (TPSA) is 92.5 Å². The van der Waals surface area contributed by atoms with Crippen molar-refractivity contribution < 1.29 is 22.1 Å². The molecule has 0 radical (unpaired) electrons. The second-order valence-electron chi connectivity index (χ2n) is 5.39. The van der Waals surface area contributed by atoms with E-state index in [1.54, 1.807) is 35.3 Å². The van der Waals surface area contributed by atoms with Gasteiger partial charge in [-0.2, -0.15) is 13.5 Å². The van der Waals surface area contributed by atoms with Gasteiger partial charge < -0.3 is 9.47 Å². The van der Waals surface area contributed by atoms with Crippen LogP contribution in [0.4, 0.5) is 0 Å². The van der Waals surface area contributed by atoms with Gasteiger partial charge >= 0.3 is 0 Å². The molecule has 1 aromatic heterocycles. The SMILES string of the molecule is CS(=O)(=O)OC[C@@H]1CO[C@](Cn2cncn2)(c2ccc(Cl)cc2)O1. The fourth-order valence-corrected chi connectivity index (χ4v) is 2.93. The van der Waals surface area contributed by atoms with E-state index in [1.807, 2.05) is 0 Å². The number of aromatic nitrogens is 3. The highest BCUT2D eigenvalue weighted by molar-refractivity contribution is 7.85. The van der Waals surface area contributed by atoms with Crippen LogP contribution in [0.15, 0.2) is 36.9 Å². The summed E-state index contributed by atoms with van der Waals surface area (Å²) in [5.41, 5.74) is 0.740. The third-order valence-corrected chi connectivity index (χ3v) is 4.26. The monoisotopic (exact) mass is 373 g/mol. The molecular weight excluding hydrogens is 358 g/mol. The number of hydrogen-bond acceptors (Lipinski definition) is 7. The molecule has 2 aromatic rings. The number of ether oxygens (including phenoxy) is 2. The number of nitrogens with zero attached hydrogens (tertiary/aromatic N) is 3. The highest BCUT2D eigenvalue weighted by Gasteiger charge is 2.44. The summed E-state index contributed by atoms with van der Waals surface area (Å²) in [7, 11) is -3.55. The first-order chi connectivity index (χ1) is 11.4. The molecule has 2 heterocycles. The molecule has 0 spiro atoms. The minimum Gasteiger partial charge on any atom is -0.342 e. The maximum atomic E-state index is 11.2. The Morgan fingerprint density at radius 3 is 2.79 bits per heavy atom. The second-order valence-corrected chi connectivity index (χ2v) is 7.47. The summed E-state index contributed by atoms with van der Waals surface area (Å²) in [5, 5.41) is 4.66. The Morgan fingerprint density at radius 2 is 2.17 bits per heavy atom. The van der Waals surface area contributed by atoms with Crippen LogP contribution in [0.2, 0.25) is 5.02 Å². The smallest absolute Gasteiger partial charge is 0.264 e. The average Bonchev–Trinajstić information content (AvgIpc) is 3.16. The highest BCUT2D eigenvalue weighted by atomic mass is 35.5. The number of hydrogen-bond donors (Lipinski definition) is 0. The summed E-state index contributed by atoms with van der Waals surface area (Å²) in [6, 6.07) is 7.04. The zero-order chi connectivity index (χ0) is 17.2. The van der Waals surface area contributed by atoms with Gasteiger partial charge in [-0.1, -0.05) is 23.7 Å². The molecule has 130 valence electrons. The van der Waals surface area contributed by atoms with E-state index in [1.165, 1.54) is 6.33 Å². The standard InChI is InChI=1S/C14H16ClN3O5S/c1-24(19,20)22-7-13-6-21-14(23-13,8-18-10-16-9-17-18)11-2-4-12(15)5-3-11/h2-5,9-10,13H,6-8H2,1H3/t13-,14-/m0/s1. The van der Waals surface area contributed by atoms with Crippen LogP contribution in [0.3, 0.4) is 0 Å². The summed E-state index contributed by atoms with van der Waals surface area (Å²) in [4.78, 5) is 3.91. The van der Waals surface area contributed by atoms with Crippen molar-refractivity contribution in [2.24, 2.45) is 0 Å². The first-order valence-corrected chi connectivity index (χ1v) is 9.30. The summed E-state index contributed by atoms with van der Waals surface area (Å²) < 4.78 is 40.6. The van der Waals surface area contributed by atoms with Crippen molar-refractivity contribution >= 4 is 21.7 Å². The van der Waals surface area contributed by atoms with Gasteiger partial charge in [-0.15, -0.1) is 0 Å². The molecule has 0 bridgehead atoms. The molecule has 0 N–H and O–H groups in total. The van der Waals surface area contributed by atoms with Crippen LogP contribution in [-0.2, 0) is 36.1 Å². The molecule has 1 fully saturated rings. The summed E-state index contributed by atoms with van der Waals surface area (Å²) in [5.74, 6) is -1.12. The van der Waals surface area contributed by atoms with E-state index >= 15 is 0 Å². The van der Waals surface area contributed by atoms with E-state index in [0.29, 0.717) is 5.02 Å². The number of rotatable bonds is 6. The molecule has 0 aliphatic carbocycles. The van der Waals surface area contributed by atoms with Gasteiger partial charge in [0.2, 0.25) is 5.79 Å². The molecule has 10 heteroatoms. The van der Waals surface area contributed by atoms with Gasteiger partial charge in [0, 0.05) is 10.6 Å². The number of benzene rings is 1. The lowest BCUT2D eigenvalue weighted by atomic mass is 10.1. The lowest BCUT2D eigenvalue weighted by Crippen LogP contribution is -2.34. The van der Waals surface area contributed by atoms with Crippen LogP contribution in [0.5, 0.6) is 0 Å². The molecule has 0 unspecified atom stereocenters. The molecule has 1 saturated heterocycles. The lowest BCUT2D eigenvalue weighted by molar-refractivity contribution is -0.190. The average molecular weight is 374 g/mol. The van der Waals surface area contributed by atoms with Gasteiger partial charge in [0.25, 0.3) is 10.1 Å². The quantitative estimate of drug-likeness (QED) is 0.702. The van der Waals surface area contributed by atoms with Crippen LogP contribution in [0.1, 0.15) is 5.56 Å². The number of halogens is 1. The molecule has 2 atom stereocenters. The fraction of sp³-hybridized carbons (Fsp3) is 0.429. The van der Waals surface area contributed by atoms with Crippen LogP contribution >= 0.6 is 11.6 Å². The van der Waals surface area contributed by atoms with Crippen molar-refractivity contribution in [2.75, 3.05) is 19.5 Å². The highest BCUT2D eigenvalue weighted by Crippen LogP contribution is 2.36. The van der Waals surface area contributed by atoms with Crippen molar-refractivity contribution in [2.45, 2.75) is 18.4 Å². The molecule has 1 aliphatic heterocycles. The predicted octanol–water partition coefficient (Wildman–Crippen LogP) is 1.18. The largest absolute Gasteiger partial charge is 0.342 e. The Balaban J connectivity index is 1.82. The van der Waals surface area contributed by atoms with Crippen LogP contribution in [0.25, 0.3) is 0 Å². The molecule has 24 heavy (non-hydrogen) atoms. The molecule has 3 rings (SSSR count). The fourth-order valence-electron chi connectivity index (χ4n) is 2.40. The third-order valence-electron chi connectivity index (χ3n) is 3.45. The summed E-state index contributed by atoms with van der Waals surface area (Å²) >= 11 is 5.94. The Kier molecular flexibility index (Phi) is 4.88. The van der Waals surface area contributed by atoms with Gasteiger partial charge in [-0.3, -0.25) is 4.18 Å². The van der Waals surface area contributed by atoms with E-state index in [2.05, 4.69) is 10.1 Å². The molecule has 0 saturated carbocycles. The van der Waals surface area contributed by atoms with Gasteiger partial charge in [0.1, 0.15) is 25.3 Å². The summed E-state index contributed by atoms with van der Waals surface area (Å²) in [6.07, 6.45) is 3.42. The normalized spacial score (nSPS) is 24.3. The van der Waals surface area contributed by atoms with E-state index in [-0.39, 0.29) is 19.8 Å². The van der Waals surface area contributed by atoms with E-state index in [0.717, 1.165) is 11.8 Å². The third kappa shape index (κ3) is 4.11. The van der Waals surface area contributed by atoms with Crippen molar-refractivity contribution in [3.8, 4) is 0 Å². The first kappa shape index (κ1) is 17.3. The van der Waals surface area contributed by atoms with Crippen molar-refractivity contribution in [1.82, 2.24) is 14.8 Å². The zero-order valence-electron chi connectivity index (χ0n) is 12.8. The first-order valence-electron chi connectivity index (χ1n) is 7.11. The molecule has 1 aromatic carbocycles. The molecular formula is C14H16ClN3O5S. The van der Waals surface area contributed by atoms with Crippen molar-refractivity contribution in [3.05, 3.63) is 47.5 Å². The van der Waals surface area contributed by atoms with Crippen LogP contribution in [-0.4, -0.2) is 48.8 Å². The van der Waals surface area contributed by atoms with Crippen LogP contribution < -0.4 is 0 Å². The van der Waals surface area contributed by atoms with Gasteiger partial charge in [-0.25, -0.2) is 9.67 Å². The lowest BCUT2D eigenvalue weighted by Gasteiger charge is -2.28. The Bertz CT molecular complexity index is 781. The van der Waals surface area contributed by atoms with Crippen molar-refractivity contribution in [3.63, 3.8) is 0 Å². The second kappa shape index (κ2) is 6.77. The maximum Gasteiger partial charge on any atom is 0.264 e. The van der Waals surface area contributed by atoms with Gasteiger partial charge in [-0.05, 0) is 12.1 Å². The maximum absolute atomic E-state index is 11.2.